The lowest BCUT2D eigenvalue weighted by molar-refractivity contribution is 0.0333. The van der Waals surface area contributed by atoms with Crippen LogP contribution in [-0.4, -0.2) is 39.0 Å². The Bertz CT molecular complexity index is 614. The average Bonchev–Trinajstić information content (AvgIpc) is 2.52. The van der Waals surface area contributed by atoms with E-state index in [0.29, 0.717) is 26.1 Å². The van der Waals surface area contributed by atoms with Crippen molar-refractivity contribution in [1.82, 2.24) is 5.32 Å². The molecule has 8 heteroatoms. The highest BCUT2D eigenvalue weighted by Gasteiger charge is 2.35. The molecule has 0 spiro atoms. The van der Waals surface area contributed by atoms with Crippen LogP contribution in [0.5, 0.6) is 0 Å². The first kappa shape index (κ1) is 18.0. The van der Waals surface area contributed by atoms with Crippen LogP contribution in [0.2, 0.25) is 0 Å². The SMILES string of the molecule is O=C(NC1(CCS(=O)(=O)Cl)CCOCC1)OCc1ccccc1. The fraction of sp³-hybridized carbons (Fsp3) is 0.533. The minimum Gasteiger partial charge on any atom is -0.445 e. The van der Waals surface area contributed by atoms with Crippen molar-refractivity contribution in [3.05, 3.63) is 35.9 Å². The number of hydrogen-bond acceptors (Lipinski definition) is 5. The van der Waals surface area contributed by atoms with Gasteiger partial charge in [-0.25, -0.2) is 13.2 Å². The fourth-order valence-electron chi connectivity index (χ4n) is 2.49. The standard InChI is InChI=1S/C15H20ClNO5S/c16-23(19,20)11-8-15(6-9-21-10-7-15)17-14(18)22-12-13-4-2-1-3-5-13/h1-5H,6-12H2,(H,17,18). The van der Waals surface area contributed by atoms with Crippen molar-refractivity contribution < 1.29 is 22.7 Å². The summed E-state index contributed by atoms with van der Waals surface area (Å²) in [6, 6.07) is 9.33. The van der Waals surface area contributed by atoms with E-state index in [1.165, 1.54) is 0 Å². The third-order valence-electron chi connectivity index (χ3n) is 3.85. The maximum Gasteiger partial charge on any atom is 0.407 e. The van der Waals surface area contributed by atoms with Gasteiger partial charge in [0.05, 0.1) is 5.75 Å². The van der Waals surface area contributed by atoms with E-state index in [9.17, 15) is 13.2 Å². The smallest absolute Gasteiger partial charge is 0.407 e. The van der Waals surface area contributed by atoms with Crippen LogP contribution in [0, 0.1) is 0 Å². The third-order valence-corrected chi connectivity index (χ3v) is 5.01. The van der Waals surface area contributed by atoms with Gasteiger partial charge in [-0.3, -0.25) is 0 Å². The Balaban J connectivity index is 1.92. The number of nitrogens with one attached hydrogen (secondary N) is 1. The summed E-state index contributed by atoms with van der Waals surface area (Å²) in [5.41, 5.74) is 0.223. The molecule has 0 saturated carbocycles. The second-order valence-electron chi connectivity index (χ2n) is 5.57. The first-order valence-corrected chi connectivity index (χ1v) is 9.85. The van der Waals surface area contributed by atoms with Crippen LogP contribution >= 0.6 is 10.7 Å². The molecule has 0 aliphatic carbocycles. The molecule has 2 rings (SSSR count). The molecule has 1 N–H and O–H groups in total. The molecule has 1 saturated heterocycles. The number of hydrogen-bond donors (Lipinski definition) is 1. The highest BCUT2D eigenvalue weighted by atomic mass is 35.7. The van der Waals surface area contributed by atoms with Crippen LogP contribution in [0.4, 0.5) is 4.79 Å². The van der Waals surface area contributed by atoms with Gasteiger partial charge >= 0.3 is 6.09 Å². The molecule has 0 bridgehead atoms. The fourth-order valence-corrected chi connectivity index (χ4v) is 3.36. The van der Waals surface area contributed by atoms with Gasteiger partial charge in [0.15, 0.2) is 0 Å². The molecule has 1 amide bonds. The van der Waals surface area contributed by atoms with E-state index < -0.39 is 20.7 Å². The minimum atomic E-state index is -3.61. The molecule has 0 aromatic heterocycles. The maximum atomic E-state index is 12.1. The van der Waals surface area contributed by atoms with Crippen LogP contribution in [0.15, 0.2) is 30.3 Å². The molecule has 128 valence electrons. The van der Waals surface area contributed by atoms with Crippen molar-refractivity contribution in [2.24, 2.45) is 0 Å². The molecule has 0 unspecified atom stereocenters. The van der Waals surface area contributed by atoms with E-state index >= 15 is 0 Å². The quantitative estimate of drug-likeness (QED) is 0.787. The largest absolute Gasteiger partial charge is 0.445 e. The first-order valence-electron chi connectivity index (χ1n) is 7.38. The van der Waals surface area contributed by atoms with Crippen LogP contribution in [0.25, 0.3) is 0 Å². The number of carbonyl (C=O) groups is 1. The van der Waals surface area contributed by atoms with Gasteiger partial charge in [0.25, 0.3) is 0 Å². The highest BCUT2D eigenvalue weighted by molar-refractivity contribution is 8.13. The lowest BCUT2D eigenvalue weighted by atomic mass is 9.87. The summed E-state index contributed by atoms with van der Waals surface area (Å²) in [4.78, 5) is 12.1. The van der Waals surface area contributed by atoms with Crippen LogP contribution < -0.4 is 5.32 Å². The lowest BCUT2D eigenvalue weighted by Gasteiger charge is -2.37. The number of amides is 1. The molecule has 1 fully saturated rings. The lowest BCUT2D eigenvalue weighted by Crippen LogP contribution is -2.52. The minimum absolute atomic E-state index is 0.160. The van der Waals surface area contributed by atoms with E-state index in [1.807, 2.05) is 30.3 Å². The van der Waals surface area contributed by atoms with Crippen LogP contribution in [0.3, 0.4) is 0 Å². The summed E-state index contributed by atoms with van der Waals surface area (Å²) in [6.45, 7) is 1.08. The van der Waals surface area contributed by atoms with Gasteiger partial charge in [-0.2, -0.15) is 0 Å². The van der Waals surface area contributed by atoms with Gasteiger partial charge in [-0.05, 0) is 24.8 Å². The highest BCUT2D eigenvalue weighted by Crippen LogP contribution is 2.26. The monoisotopic (exact) mass is 361 g/mol. The molecule has 0 radical (unpaired) electrons. The van der Waals surface area contributed by atoms with E-state index in [1.54, 1.807) is 0 Å². The topological polar surface area (TPSA) is 81.7 Å². The second kappa shape index (κ2) is 7.99. The summed E-state index contributed by atoms with van der Waals surface area (Å²) in [5, 5.41) is 2.81. The molecule has 1 aromatic rings. The Labute approximate surface area is 140 Å². The summed E-state index contributed by atoms with van der Waals surface area (Å²) < 4.78 is 32.9. The molecule has 1 aliphatic heterocycles. The number of benzene rings is 1. The molecule has 0 atom stereocenters. The third kappa shape index (κ3) is 6.37. The normalized spacial score (nSPS) is 17.4. The molecular weight excluding hydrogens is 342 g/mol. The summed E-state index contributed by atoms with van der Waals surface area (Å²) in [7, 11) is 1.68. The Morgan fingerprint density at radius 1 is 1.26 bits per heavy atom. The van der Waals surface area contributed by atoms with Gasteiger partial charge in [0.2, 0.25) is 9.05 Å². The van der Waals surface area contributed by atoms with Gasteiger partial charge in [-0.15, -0.1) is 0 Å². The number of ether oxygens (including phenoxy) is 2. The van der Waals surface area contributed by atoms with E-state index in [4.69, 9.17) is 20.2 Å². The van der Waals surface area contributed by atoms with Gasteiger partial charge < -0.3 is 14.8 Å². The van der Waals surface area contributed by atoms with Crippen molar-refractivity contribution in [3.8, 4) is 0 Å². The molecular formula is C15H20ClNO5S. The van der Waals surface area contributed by atoms with Gasteiger partial charge in [0.1, 0.15) is 6.61 Å². The van der Waals surface area contributed by atoms with Crippen LogP contribution in [-0.2, 0) is 25.1 Å². The van der Waals surface area contributed by atoms with Crippen molar-refractivity contribution >= 4 is 25.8 Å². The Kier molecular flexibility index (Phi) is 6.26. The molecule has 23 heavy (non-hydrogen) atoms. The van der Waals surface area contributed by atoms with Crippen molar-refractivity contribution in [2.75, 3.05) is 19.0 Å². The average molecular weight is 362 g/mol. The molecule has 1 aromatic carbocycles. The van der Waals surface area contributed by atoms with Gasteiger partial charge in [-0.1, -0.05) is 30.3 Å². The Morgan fingerprint density at radius 3 is 2.52 bits per heavy atom. The zero-order chi connectivity index (χ0) is 16.8. The predicted molar refractivity (Wildman–Crippen MR) is 86.8 cm³/mol. The summed E-state index contributed by atoms with van der Waals surface area (Å²) in [6.07, 6.45) is 0.727. The second-order valence-corrected chi connectivity index (χ2v) is 8.47. The van der Waals surface area contributed by atoms with E-state index in [0.717, 1.165) is 5.56 Å². The number of halogens is 1. The summed E-state index contributed by atoms with van der Waals surface area (Å²) in [5.74, 6) is -0.201. The van der Waals surface area contributed by atoms with Crippen molar-refractivity contribution in [1.29, 1.82) is 0 Å². The first-order chi connectivity index (χ1) is 10.9. The van der Waals surface area contributed by atoms with Crippen molar-refractivity contribution in [3.63, 3.8) is 0 Å². The Hall–Kier alpha value is -1.31. The number of carbonyl (C=O) groups excluding carboxylic acids is 1. The Morgan fingerprint density at radius 2 is 1.91 bits per heavy atom. The zero-order valence-corrected chi connectivity index (χ0v) is 14.2. The number of alkyl carbamates (subject to hydrolysis) is 1. The predicted octanol–water partition coefficient (Wildman–Crippen LogP) is 2.42. The molecule has 6 nitrogen and oxygen atoms in total. The zero-order valence-electron chi connectivity index (χ0n) is 12.7. The van der Waals surface area contributed by atoms with E-state index in [2.05, 4.69) is 5.32 Å². The summed E-state index contributed by atoms with van der Waals surface area (Å²) >= 11 is 0. The maximum absolute atomic E-state index is 12.1. The molecule has 1 aliphatic rings. The van der Waals surface area contributed by atoms with Gasteiger partial charge in [0, 0.05) is 29.4 Å². The van der Waals surface area contributed by atoms with E-state index in [-0.39, 0.29) is 18.8 Å². The number of rotatable bonds is 6. The van der Waals surface area contributed by atoms with Crippen LogP contribution in [0.1, 0.15) is 24.8 Å². The van der Waals surface area contributed by atoms with Crippen molar-refractivity contribution in [2.45, 2.75) is 31.4 Å². The molecule has 1 heterocycles.